The van der Waals surface area contributed by atoms with E-state index in [2.05, 4.69) is 0 Å². The van der Waals surface area contributed by atoms with Gasteiger partial charge in [-0.1, -0.05) is 48.5 Å². The zero-order valence-corrected chi connectivity index (χ0v) is 19.2. The maximum absolute atomic E-state index is 12.9. The molecule has 0 bridgehead atoms. The third-order valence-corrected chi connectivity index (χ3v) is 5.84. The van der Waals surface area contributed by atoms with E-state index in [4.69, 9.17) is 0 Å². The molecule has 0 atom stereocenters. The fourth-order valence-corrected chi connectivity index (χ4v) is 4.04. The summed E-state index contributed by atoms with van der Waals surface area (Å²) in [7, 11) is 7.94. The molecule has 166 valence electrons. The van der Waals surface area contributed by atoms with Crippen LogP contribution in [0.3, 0.4) is 0 Å². The molecule has 3 aromatic rings. The summed E-state index contributed by atoms with van der Waals surface area (Å²) in [5.74, 6) is -1.69. The minimum absolute atomic E-state index is 0.226. The van der Waals surface area contributed by atoms with E-state index in [1.165, 1.54) is 6.08 Å². The van der Waals surface area contributed by atoms with Crippen molar-refractivity contribution in [2.45, 2.75) is 0 Å². The lowest BCUT2D eigenvalue weighted by atomic mass is 9.81. The Morgan fingerprint density at radius 3 is 1.58 bits per heavy atom. The molecule has 1 aliphatic rings. The third kappa shape index (κ3) is 4.17. The summed E-state index contributed by atoms with van der Waals surface area (Å²) >= 11 is 0. The molecule has 0 unspecified atom stereocenters. The average Bonchev–Trinajstić information content (AvgIpc) is 2.81. The molecule has 33 heavy (non-hydrogen) atoms. The van der Waals surface area contributed by atoms with Crippen LogP contribution in [0, 0.1) is 0 Å². The quantitative estimate of drug-likeness (QED) is 0.569. The molecule has 0 amide bonds. The molecule has 5 nitrogen and oxygen atoms in total. The summed E-state index contributed by atoms with van der Waals surface area (Å²) in [5.41, 5.74) is 6.52. The summed E-state index contributed by atoms with van der Waals surface area (Å²) in [6.07, 6.45) is 1.52. The van der Waals surface area contributed by atoms with Gasteiger partial charge in [-0.25, -0.2) is 4.79 Å². The molecule has 1 aliphatic carbocycles. The topological polar surface area (TPSA) is 60.9 Å². The Labute approximate surface area is 193 Å². The number of benzene rings is 3. The summed E-state index contributed by atoms with van der Waals surface area (Å²) < 4.78 is 0. The molecule has 0 saturated heterocycles. The number of Topliss-reactive ketones (excluding diaryl/α,β-unsaturated/α-hetero) is 1. The number of carbonyl (C=O) groups is 2. The smallest absolute Gasteiger partial charge is 0.339 e. The Balaban J connectivity index is 2.04. The van der Waals surface area contributed by atoms with Crippen molar-refractivity contribution in [2.24, 2.45) is 0 Å². The lowest BCUT2D eigenvalue weighted by Crippen LogP contribution is -2.18. The minimum atomic E-state index is -1.22. The summed E-state index contributed by atoms with van der Waals surface area (Å²) in [6.45, 7) is 0. The SMILES string of the molecule is CN(C)c1ccc(C(=C2C=C(C(=O)O)C(=O)c3ccccc32)c2ccc(N(C)C)cc2)cc1. The van der Waals surface area contributed by atoms with E-state index in [1.54, 1.807) is 12.1 Å². The van der Waals surface area contributed by atoms with Gasteiger partial charge >= 0.3 is 5.97 Å². The van der Waals surface area contributed by atoms with Crippen LogP contribution in [0.15, 0.2) is 84.4 Å². The summed E-state index contributed by atoms with van der Waals surface area (Å²) in [5, 5.41) is 9.75. The van der Waals surface area contributed by atoms with Gasteiger partial charge in [0.2, 0.25) is 5.78 Å². The molecule has 0 spiro atoms. The van der Waals surface area contributed by atoms with Crippen LogP contribution in [-0.2, 0) is 4.79 Å². The zero-order valence-electron chi connectivity index (χ0n) is 19.2. The van der Waals surface area contributed by atoms with Gasteiger partial charge in [0.1, 0.15) is 5.57 Å². The van der Waals surface area contributed by atoms with Gasteiger partial charge in [0.15, 0.2) is 0 Å². The maximum atomic E-state index is 12.9. The number of fused-ring (bicyclic) bond motifs is 1. The van der Waals surface area contributed by atoms with E-state index in [9.17, 15) is 14.7 Å². The Hall–Kier alpha value is -4.12. The van der Waals surface area contributed by atoms with E-state index in [0.29, 0.717) is 5.56 Å². The van der Waals surface area contributed by atoms with E-state index in [1.807, 2.05) is 98.7 Å². The summed E-state index contributed by atoms with van der Waals surface area (Å²) in [4.78, 5) is 28.8. The minimum Gasteiger partial charge on any atom is -0.478 e. The molecule has 0 aliphatic heterocycles. The predicted octanol–water partition coefficient (Wildman–Crippen LogP) is 4.99. The van der Waals surface area contributed by atoms with E-state index < -0.39 is 11.8 Å². The molecule has 0 saturated carbocycles. The molecule has 0 heterocycles. The predicted molar refractivity (Wildman–Crippen MR) is 134 cm³/mol. The lowest BCUT2D eigenvalue weighted by molar-refractivity contribution is -0.132. The van der Waals surface area contributed by atoms with Crippen molar-refractivity contribution in [1.82, 2.24) is 0 Å². The number of carboxylic acid groups (broad SMARTS) is 1. The maximum Gasteiger partial charge on any atom is 0.339 e. The van der Waals surface area contributed by atoms with Crippen LogP contribution in [0.1, 0.15) is 27.0 Å². The van der Waals surface area contributed by atoms with Crippen LogP contribution in [0.5, 0.6) is 0 Å². The van der Waals surface area contributed by atoms with Gasteiger partial charge in [0, 0.05) is 45.1 Å². The van der Waals surface area contributed by atoms with Crippen LogP contribution in [0.2, 0.25) is 0 Å². The van der Waals surface area contributed by atoms with Gasteiger partial charge in [-0.2, -0.15) is 0 Å². The number of hydrogen-bond donors (Lipinski definition) is 1. The highest BCUT2D eigenvalue weighted by Crippen LogP contribution is 2.39. The van der Waals surface area contributed by atoms with Crippen LogP contribution in [0.25, 0.3) is 11.1 Å². The highest BCUT2D eigenvalue weighted by molar-refractivity contribution is 6.29. The highest BCUT2D eigenvalue weighted by atomic mass is 16.4. The van der Waals surface area contributed by atoms with Gasteiger partial charge in [-0.15, -0.1) is 0 Å². The van der Waals surface area contributed by atoms with Crippen molar-refractivity contribution in [3.63, 3.8) is 0 Å². The molecule has 0 aromatic heterocycles. The van der Waals surface area contributed by atoms with Gasteiger partial charge in [0.05, 0.1) is 0 Å². The normalized spacial score (nSPS) is 12.7. The number of aliphatic carboxylic acids is 1. The third-order valence-electron chi connectivity index (χ3n) is 5.84. The van der Waals surface area contributed by atoms with Gasteiger partial charge in [0.25, 0.3) is 0 Å². The Kier molecular flexibility index (Phi) is 5.88. The fourth-order valence-electron chi connectivity index (χ4n) is 4.04. The number of carbonyl (C=O) groups excluding carboxylic acids is 1. The monoisotopic (exact) mass is 438 g/mol. The van der Waals surface area contributed by atoms with Crippen molar-refractivity contribution >= 4 is 34.3 Å². The van der Waals surface area contributed by atoms with Crippen molar-refractivity contribution in [1.29, 1.82) is 0 Å². The van der Waals surface area contributed by atoms with Crippen LogP contribution in [-0.4, -0.2) is 45.0 Å². The molecule has 4 rings (SSSR count). The molecule has 0 radical (unpaired) electrons. The van der Waals surface area contributed by atoms with Crippen LogP contribution < -0.4 is 9.80 Å². The number of anilines is 2. The Morgan fingerprint density at radius 2 is 1.15 bits per heavy atom. The number of rotatable bonds is 5. The first-order chi connectivity index (χ1) is 15.8. The van der Waals surface area contributed by atoms with Crippen molar-refractivity contribution < 1.29 is 14.7 Å². The first-order valence-corrected chi connectivity index (χ1v) is 10.7. The second-order valence-corrected chi connectivity index (χ2v) is 8.41. The number of ketones is 1. The van der Waals surface area contributed by atoms with E-state index >= 15 is 0 Å². The molecule has 0 fully saturated rings. The van der Waals surface area contributed by atoms with E-state index in [-0.39, 0.29) is 5.57 Å². The Morgan fingerprint density at radius 1 is 0.697 bits per heavy atom. The molecule has 1 N–H and O–H groups in total. The number of allylic oxidation sites excluding steroid dienone is 2. The van der Waals surface area contributed by atoms with Crippen molar-refractivity contribution in [3.8, 4) is 0 Å². The van der Waals surface area contributed by atoms with Gasteiger partial charge in [-0.05, 0) is 58.2 Å². The summed E-state index contributed by atoms with van der Waals surface area (Å²) in [6, 6.07) is 23.5. The molecule has 3 aromatic carbocycles. The molecule has 5 heteroatoms. The second kappa shape index (κ2) is 8.79. The van der Waals surface area contributed by atoms with Gasteiger partial charge < -0.3 is 14.9 Å². The molecular formula is C28H26N2O3. The number of carboxylic acids is 1. The number of hydrogen-bond acceptors (Lipinski definition) is 4. The number of nitrogens with zero attached hydrogens (tertiary/aromatic N) is 2. The average molecular weight is 439 g/mol. The second-order valence-electron chi connectivity index (χ2n) is 8.41. The fraction of sp³-hybridized carbons (Fsp3) is 0.143. The molecular weight excluding hydrogens is 412 g/mol. The lowest BCUT2D eigenvalue weighted by Gasteiger charge is -2.22. The van der Waals surface area contributed by atoms with Crippen molar-refractivity contribution in [2.75, 3.05) is 38.0 Å². The first kappa shape index (κ1) is 22.1. The first-order valence-electron chi connectivity index (χ1n) is 10.7. The zero-order chi connectivity index (χ0) is 23.7. The highest BCUT2D eigenvalue weighted by Gasteiger charge is 2.29. The largest absolute Gasteiger partial charge is 0.478 e. The van der Waals surface area contributed by atoms with Crippen molar-refractivity contribution in [3.05, 3.63) is 107 Å². The Bertz CT molecular complexity index is 1230. The van der Waals surface area contributed by atoms with Crippen LogP contribution in [0.4, 0.5) is 11.4 Å². The van der Waals surface area contributed by atoms with E-state index in [0.717, 1.165) is 39.2 Å². The van der Waals surface area contributed by atoms with Gasteiger partial charge in [-0.3, -0.25) is 4.79 Å². The standard InChI is InChI=1S/C28H26N2O3/c1-29(2)20-13-9-18(10-14-20)26(19-11-15-21(16-12-19)30(3)4)24-17-25(28(32)33)27(31)23-8-6-5-7-22(23)24/h5-17H,1-4H3,(H,32,33). The van der Waals surface area contributed by atoms with Crippen LogP contribution >= 0.6 is 0 Å².